The second kappa shape index (κ2) is 5.86. The molecular formula is C13H19N3O3. The fourth-order valence-corrected chi connectivity index (χ4v) is 2.55. The van der Waals surface area contributed by atoms with E-state index in [1.54, 1.807) is 6.07 Å². The van der Waals surface area contributed by atoms with Crippen LogP contribution < -0.4 is 5.32 Å². The number of aryl methyl sites for hydroxylation is 1. The number of carboxylic acids is 1. The number of rotatable bonds is 3. The van der Waals surface area contributed by atoms with Gasteiger partial charge in [0.15, 0.2) is 0 Å². The molecule has 1 aromatic rings. The van der Waals surface area contributed by atoms with Crippen LogP contribution in [0.1, 0.15) is 48.3 Å². The molecule has 1 fully saturated rings. The summed E-state index contributed by atoms with van der Waals surface area (Å²) in [6.45, 7) is 1.81. The predicted molar refractivity (Wildman–Crippen MR) is 68.8 cm³/mol. The van der Waals surface area contributed by atoms with Gasteiger partial charge in [0.05, 0.1) is 5.92 Å². The number of aliphatic carboxylic acids is 1. The molecule has 1 heterocycles. The Balaban J connectivity index is 2.06. The number of aromatic amines is 1. The van der Waals surface area contributed by atoms with Crippen LogP contribution in [0, 0.1) is 12.8 Å². The number of hydrogen-bond donors (Lipinski definition) is 3. The molecule has 6 heteroatoms. The molecule has 6 nitrogen and oxygen atoms in total. The zero-order chi connectivity index (χ0) is 13.8. The van der Waals surface area contributed by atoms with Gasteiger partial charge in [-0.2, -0.15) is 5.10 Å². The van der Waals surface area contributed by atoms with Gasteiger partial charge in [-0.05, 0) is 25.8 Å². The van der Waals surface area contributed by atoms with E-state index in [-0.39, 0.29) is 11.9 Å². The van der Waals surface area contributed by atoms with Crippen LogP contribution in [-0.4, -0.2) is 33.2 Å². The molecule has 3 N–H and O–H groups in total. The minimum atomic E-state index is -0.828. The van der Waals surface area contributed by atoms with Crippen molar-refractivity contribution in [2.75, 3.05) is 0 Å². The van der Waals surface area contributed by atoms with E-state index in [4.69, 9.17) is 0 Å². The smallest absolute Gasteiger partial charge is 0.308 e. The Morgan fingerprint density at radius 3 is 2.74 bits per heavy atom. The van der Waals surface area contributed by atoms with Crippen LogP contribution in [-0.2, 0) is 4.79 Å². The molecule has 0 aromatic carbocycles. The first kappa shape index (κ1) is 13.6. The number of amides is 1. The lowest BCUT2D eigenvalue weighted by atomic mass is 9.95. The van der Waals surface area contributed by atoms with Gasteiger partial charge in [0.2, 0.25) is 0 Å². The predicted octanol–water partition coefficient (Wildman–Crippen LogP) is 1.48. The van der Waals surface area contributed by atoms with Crippen molar-refractivity contribution < 1.29 is 14.7 Å². The molecule has 1 saturated carbocycles. The first-order chi connectivity index (χ1) is 9.08. The SMILES string of the molecule is Cc1cc(C(=O)NC2CCCCCC2C(=O)O)n[nH]1. The van der Waals surface area contributed by atoms with Gasteiger partial charge >= 0.3 is 5.97 Å². The van der Waals surface area contributed by atoms with Crippen molar-refractivity contribution >= 4 is 11.9 Å². The largest absolute Gasteiger partial charge is 0.481 e. The van der Waals surface area contributed by atoms with Crippen molar-refractivity contribution in [1.29, 1.82) is 0 Å². The van der Waals surface area contributed by atoms with E-state index in [1.165, 1.54) is 0 Å². The number of carboxylic acid groups (broad SMARTS) is 1. The van der Waals surface area contributed by atoms with Crippen molar-refractivity contribution in [2.24, 2.45) is 5.92 Å². The fraction of sp³-hybridized carbons (Fsp3) is 0.615. The van der Waals surface area contributed by atoms with Gasteiger partial charge in [-0.3, -0.25) is 14.7 Å². The molecule has 104 valence electrons. The Bertz CT molecular complexity index is 469. The Kier molecular flexibility index (Phi) is 4.19. The fourth-order valence-electron chi connectivity index (χ4n) is 2.55. The molecule has 19 heavy (non-hydrogen) atoms. The van der Waals surface area contributed by atoms with Crippen LogP contribution in [0.2, 0.25) is 0 Å². The van der Waals surface area contributed by atoms with Gasteiger partial charge in [0.25, 0.3) is 5.91 Å². The Labute approximate surface area is 111 Å². The molecule has 0 saturated heterocycles. The third-order valence-electron chi connectivity index (χ3n) is 3.59. The molecule has 1 aromatic heterocycles. The summed E-state index contributed by atoms with van der Waals surface area (Å²) in [4.78, 5) is 23.3. The Hall–Kier alpha value is -1.85. The van der Waals surface area contributed by atoms with Crippen molar-refractivity contribution in [3.8, 4) is 0 Å². The molecule has 1 aliphatic carbocycles. The summed E-state index contributed by atoms with van der Waals surface area (Å²) in [6.07, 6.45) is 4.23. The van der Waals surface area contributed by atoms with Crippen LogP contribution in [0.25, 0.3) is 0 Å². The van der Waals surface area contributed by atoms with Crippen molar-refractivity contribution in [3.63, 3.8) is 0 Å². The minimum absolute atomic E-state index is 0.301. The first-order valence-electron chi connectivity index (χ1n) is 6.63. The van der Waals surface area contributed by atoms with E-state index in [1.807, 2.05) is 6.92 Å². The van der Waals surface area contributed by atoms with Crippen LogP contribution in [0.4, 0.5) is 0 Å². The number of carbonyl (C=O) groups is 2. The number of carbonyl (C=O) groups excluding carboxylic acids is 1. The summed E-state index contributed by atoms with van der Waals surface area (Å²) in [5.74, 6) is -1.63. The lowest BCUT2D eigenvalue weighted by molar-refractivity contribution is -0.142. The van der Waals surface area contributed by atoms with E-state index in [9.17, 15) is 14.7 Å². The van der Waals surface area contributed by atoms with E-state index in [0.717, 1.165) is 25.0 Å². The number of H-pyrrole nitrogens is 1. The normalized spacial score (nSPS) is 23.6. The summed E-state index contributed by atoms with van der Waals surface area (Å²) in [6, 6.07) is 1.35. The highest BCUT2D eigenvalue weighted by Crippen LogP contribution is 2.24. The lowest BCUT2D eigenvalue weighted by Crippen LogP contribution is -2.43. The summed E-state index contributed by atoms with van der Waals surface area (Å²) in [7, 11) is 0. The molecule has 0 radical (unpaired) electrons. The second-order valence-electron chi connectivity index (χ2n) is 5.10. The Morgan fingerprint density at radius 1 is 1.37 bits per heavy atom. The zero-order valence-corrected chi connectivity index (χ0v) is 11.0. The maximum atomic E-state index is 12.0. The van der Waals surface area contributed by atoms with Gasteiger partial charge in [-0.25, -0.2) is 0 Å². The van der Waals surface area contributed by atoms with Gasteiger partial charge in [-0.15, -0.1) is 0 Å². The highest BCUT2D eigenvalue weighted by molar-refractivity contribution is 5.92. The molecular weight excluding hydrogens is 246 g/mol. The average molecular weight is 265 g/mol. The zero-order valence-electron chi connectivity index (χ0n) is 11.0. The number of hydrogen-bond acceptors (Lipinski definition) is 3. The van der Waals surface area contributed by atoms with Crippen molar-refractivity contribution in [2.45, 2.75) is 45.1 Å². The molecule has 0 spiro atoms. The van der Waals surface area contributed by atoms with Crippen molar-refractivity contribution in [3.05, 3.63) is 17.5 Å². The standard InChI is InChI=1S/C13H19N3O3/c1-8-7-11(16-15-8)12(17)14-10-6-4-2-3-5-9(10)13(18)19/h7,9-10H,2-6H2,1H3,(H,14,17)(H,15,16)(H,18,19). The molecule has 2 unspecified atom stereocenters. The second-order valence-corrected chi connectivity index (χ2v) is 5.10. The first-order valence-corrected chi connectivity index (χ1v) is 6.63. The van der Waals surface area contributed by atoms with Gasteiger partial charge < -0.3 is 10.4 Å². The highest BCUT2D eigenvalue weighted by Gasteiger charge is 2.31. The number of nitrogens with one attached hydrogen (secondary N) is 2. The quantitative estimate of drug-likeness (QED) is 0.721. The summed E-state index contributed by atoms with van der Waals surface area (Å²) < 4.78 is 0. The molecule has 0 aliphatic heterocycles. The average Bonchev–Trinajstić information content (AvgIpc) is 2.65. The van der Waals surface area contributed by atoms with E-state index < -0.39 is 11.9 Å². The van der Waals surface area contributed by atoms with Crippen LogP contribution >= 0.6 is 0 Å². The Morgan fingerprint density at radius 2 is 2.11 bits per heavy atom. The number of nitrogens with zero attached hydrogens (tertiary/aromatic N) is 1. The molecule has 2 atom stereocenters. The minimum Gasteiger partial charge on any atom is -0.481 e. The molecule has 2 rings (SSSR count). The topological polar surface area (TPSA) is 95.1 Å². The number of aromatic nitrogens is 2. The molecule has 1 aliphatic rings. The van der Waals surface area contributed by atoms with E-state index >= 15 is 0 Å². The highest BCUT2D eigenvalue weighted by atomic mass is 16.4. The monoisotopic (exact) mass is 265 g/mol. The maximum absolute atomic E-state index is 12.0. The summed E-state index contributed by atoms with van der Waals surface area (Å²) in [5.41, 5.74) is 1.12. The summed E-state index contributed by atoms with van der Waals surface area (Å²) >= 11 is 0. The van der Waals surface area contributed by atoms with Crippen LogP contribution in [0.5, 0.6) is 0 Å². The van der Waals surface area contributed by atoms with Crippen molar-refractivity contribution in [1.82, 2.24) is 15.5 Å². The van der Waals surface area contributed by atoms with E-state index in [2.05, 4.69) is 15.5 Å². The van der Waals surface area contributed by atoms with Gasteiger partial charge in [0, 0.05) is 11.7 Å². The molecule has 0 bridgehead atoms. The third kappa shape index (κ3) is 3.33. The third-order valence-corrected chi connectivity index (χ3v) is 3.59. The van der Waals surface area contributed by atoms with Gasteiger partial charge in [-0.1, -0.05) is 19.3 Å². The summed E-state index contributed by atoms with van der Waals surface area (Å²) in [5, 5.41) is 18.7. The maximum Gasteiger partial charge on any atom is 0.308 e. The van der Waals surface area contributed by atoms with Crippen LogP contribution in [0.15, 0.2) is 6.07 Å². The lowest BCUT2D eigenvalue weighted by Gasteiger charge is -2.22. The van der Waals surface area contributed by atoms with Crippen LogP contribution in [0.3, 0.4) is 0 Å². The van der Waals surface area contributed by atoms with Gasteiger partial charge in [0.1, 0.15) is 5.69 Å². The molecule has 1 amide bonds. The van der Waals surface area contributed by atoms with E-state index in [0.29, 0.717) is 18.5 Å².